The Hall–Kier alpha value is -0.560. The summed E-state index contributed by atoms with van der Waals surface area (Å²) >= 11 is 0. The van der Waals surface area contributed by atoms with E-state index >= 15 is 0 Å². The molecule has 1 aliphatic heterocycles. The number of ether oxygens (including phenoxy) is 1. The molecule has 0 radical (unpaired) electrons. The molecule has 1 heteroatoms. The van der Waals surface area contributed by atoms with Crippen molar-refractivity contribution < 1.29 is 4.74 Å². The highest BCUT2D eigenvalue weighted by Crippen LogP contribution is 2.38. The molecule has 1 rings (SSSR count). The van der Waals surface area contributed by atoms with Crippen LogP contribution in [-0.2, 0) is 4.74 Å². The standard InChI is InChI=1S/C10H16O/c1-5-10(6-2)9(4)8(3)7-11-10/h3-7H2,1-2H3. The fraction of sp³-hybridized carbons (Fsp3) is 0.600. The van der Waals surface area contributed by atoms with Crippen LogP contribution in [0.4, 0.5) is 0 Å². The summed E-state index contributed by atoms with van der Waals surface area (Å²) < 4.78 is 5.66. The Morgan fingerprint density at radius 3 is 2.09 bits per heavy atom. The van der Waals surface area contributed by atoms with Crippen LogP contribution in [0.15, 0.2) is 24.3 Å². The predicted molar refractivity (Wildman–Crippen MR) is 47.5 cm³/mol. The minimum absolute atomic E-state index is 0.0862. The summed E-state index contributed by atoms with van der Waals surface area (Å²) in [5.41, 5.74) is 2.08. The van der Waals surface area contributed by atoms with Gasteiger partial charge in [-0.05, 0) is 24.0 Å². The number of hydrogen-bond donors (Lipinski definition) is 0. The van der Waals surface area contributed by atoms with Gasteiger partial charge in [0.1, 0.15) is 0 Å². The molecular weight excluding hydrogens is 136 g/mol. The SMILES string of the molecule is C=C1COC(CC)(CC)C1=C. The van der Waals surface area contributed by atoms with E-state index in [-0.39, 0.29) is 5.60 Å². The van der Waals surface area contributed by atoms with E-state index < -0.39 is 0 Å². The minimum Gasteiger partial charge on any atom is -0.366 e. The first-order valence-electron chi connectivity index (χ1n) is 4.17. The highest BCUT2D eigenvalue weighted by atomic mass is 16.5. The first kappa shape index (κ1) is 8.54. The third-order valence-corrected chi connectivity index (χ3v) is 2.64. The third kappa shape index (κ3) is 1.14. The van der Waals surface area contributed by atoms with Crippen molar-refractivity contribution in [1.82, 2.24) is 0 Å². The molecule has 0 bridgehead atoms. The Labute approximate surface area is 68.8 Å². The van der Waals surface area contributed by atoms with Gasteiger partial charge in [0.15, 0.2) is 0 Å². The summed E-state index contributed by atoms with van der Waals surface area (Å²) in [6.07, 6.45) is 2.00. The first-order valence-corrected chi connectivity index (χ1v) is 4.17. The molecule has 0 aromatic carbocycles. The van der Waals surface area contributed by atoms with E-state index in [1.54, 1.807) is 0 Å². The van der Waals surface area contributed by atoms with Crippen molar-refractivity contribution in [3.63, 3.8) is 0 Å². The van der Waals surface area contributed by atoms with E-state index in [2.05, 4.69) is 27.0 Å². The van der Waals surface area contributed by atoms with Crippen molar-refractivity contribution in [2.75, 3.05) is 6.61 Å². The van der Waals surface area contributed by atoms with Crippen LogP contribution in [0, 0.1) is 0 Å². The summed E-state index contributed by atoms with van der Waals surface area (Å²) in [6.45, 7) is 12.8. The Kier molecular flexibility index (Phi) is 2.19. The van der Waals surface area contributed by atoms with Crippen LogP contribution < -0.4 is 0 Å². The van der Waals surface area contributed by atoms with E-state index in [0.29, 0.717) is 6.61 Å². The van der Waals surface area contributed by atoms with Gasteiger partial charge < -0.3 is 4.74 Å². The summed E-state index contributed by atoms with van der Waals surface area (Å²) in [5, 5.41) is 0. The summed E-state index contributed by atoms with van der Waals surface area (Å²) in [6, 6.07) is 0. The molecule has 62 valence electrons. The topological polar surface area (TPSA) is 9.23 Å². The quantitative estimate of drug-likeness (QED) is 0.591. The van der Waals surface area contributed by atoms with Gasteiger partial charge >= 0.3 is 0 Å². The average molecular weight is 152 g/mol. The van der Waals surface area contributed by atoms with E-state index in [0.717, 1.165) is 24.0 Å². The molecule has 1 heterocycles. The van der Waals surface area contributed by atoms with Crippen LogP contribution in [-0.4, -0.2) is 12.2 Å². The smallest absolute Gasteiger partial charge is 0.0928 e. The van der Waals surface area contributed by atoms with Gasteiger partial charge in [-0.1, -0.05) is 27.0 Å². The molecule has 0 spiro atoms. The molecule has 11 heavy (non-hydrogen) atoms. The molecule has 1 fully saturated rings. The van der Waals surface area contributed by atoms with Crippen molar-refractivity contribution in [2.45, 2.75) is 32.3 Å². The van der Waals surface area contributed by atoms with Gasteiger partial charge in [-0.25, -0.2) is 0 Å². The summed E-state index contributed by atoms with van der Waals surface area (Å²) in [4.78, 5) is 0. The largest absolute Gasteiger partial charge is 0.366 e. The summed E-state index contributed by atoms with van der Waals surface area (Å²) in [5.74, 6) is 0. The lowest BCUT2D eigenvalue weighted by molar-refractivity contribution is 0.0211. The van der Waals surface area contributed by atoms with E-state index in [4.69, 9.17) is 4.74 Å². The van der Waals surface area contributed by atoms with Crippen LogP contribution in [0.5, 0.6) is 0 Å². The highest BCUT2D eigenvalue weighted by Gasteiger charge is 2.36. The molecular formula is C10H16O. The van der Waals surface area contributed by atoms with Crippen molar-refractivity contribution in [2.24, 2.45) is 0 Å². The second-order valence-corrected chi connectivity index (χ2v) is 3.07. The predicted octanol–water partition coefficient (Wildman–Crippen LogP) is 2.69. The maximum atomic E-state index is 5.66. The maximum Gasteiger partial charge on any atom is 0.0928 e. The van der Waals surface area contributed by atoms with Gasteiger partial charge in [-0.2, -0.15) is 0 Å². The van der Waals surface area contributed by atoms with E-state index in [1.165, 1.54) is 0 Å². The molecule has 1 aliphatic rings. The van der Waals surface area contributed by atoms with Gasteiger partial charge in [0.2, 0.25) is 0 Å². The fourth-order valence-corrected chi connectivity index (χ4v) is 1.60. The molecule has 0 saturated carbocycles. The average Bonchev–Trinajstić information content (AvgIpc) is 2.32. The Balaban J connectivity index is 2.86. The third-order valence-electron chi connectivity index (χ3n) is 2.64. The first-order chi connectivity index (χ1) is 5.16. The zero-order valence-electron chi connectivity index (χ0n) is 7.44. The molecule has 0 aromatic heterocycles. The van der Waals surface area contributed by atoms with Gasteiger partial charge in [0, 0.05) is 0 Å². The monoisotopic (exact) mass is 152 g/mol. The van der Waals surface area contributed by atoms with E-state index in [9.17, 15) is 0 Å². The molecule has 0 unspecified atom stereocenters. The van der Waals surface area contributed by atoms with Gasteiger partial charge in [-0.15, -0.1) is 0 Å². The van der Waals surface area contributed by atoms with Crippen LogP contribution in [0.3, 0.4) is 0 Å². The van der Waals surface area contributed by atoms with E-state index in [1.807, 2.05) is 0 Å². The molecule has 0 atom stereocenters. The Bertz CT molecular complexity index is 187. The van der Waals surface area contributed by atoms with Crippen LogP contribution in [0.2, 0.25) is 0 Å². The number of rotatable bonds is 2. The molecule has 0 amide bonds. The molecule has 0 aliphatic carbocycles. The van der Waals surface area contributed by atoms with Gasteiger partial charge in [-0.3, -0.25) is 0 Å². The lowest BCUT2D eigenvalue weighted by Crippen LogP contribution is -2.27. The van der Waals surface area contributed by atoms with Crippen molar-refractivity contribution in [3.8, 4) is 0 Å². The lowest BCUT2D eigenvalue weighted by Gasteiger charge is -2.26. The van der Waals surface area contributed by atoms with Crippen LogP contribution in [0.25, 0.3) is 0 Å². The highest BCUT2D eigenvalue weighted by molar-refractivity contribution is 5.38. The van der Waals surface area contributed by atoms with Crippen molar-refractivity contribution in [1.29, 1.82) is 0 Å². The Morgan fingerprint density at radius 1 is 1.36 bits per heavy atom. The van der Waals surface area contributed by atoms with Crippen molar-refractivity contribution in [3.05, 3.63) is 24.3 Å². The fourth-order valence-electron chi connectivity index (χ4n) is 1.60. The van der Waals surface area contributed by atoms with Crippen LogP contribution >= 0.6 is 0 Å². The second kappa shape index (κ2) is 2.82. The molecule has 1 nitrogen and oxygen atoms in total. The van der Waals surface area contributed by atoms with Crippen molar-refractivity contribution >= 4 is 0 Å². The second-order valence-electron chi connectivity index (χ2n) is 3.07. The van der Waals surface area contributed by atoms with Gasteiger partial charge in [0.05, 0.1) is 12.2 Å². The lowest BCUT2D eigenvalue weighted by atomic mass is 9.88. The molecule has 0 N–H and O–H groups in total. The van der Waals surface area contributed by atoms with Gasteiger partial charge in [0.25, 0.3) is 0 Å². The normalized spacial score (nSPS) is 22.7. The molecule has 0 aromatic rings. The maximum absolute atomic E-state index is 5.66. The molecule has 1 saturated heterocycles. The minimum atomic E-state index is -0.0862. The zero-order valence-corrected chi connectivity index (χ0v) is 7.44. The Morgan fingerprint density at radius 2 is 1.91 bits per heavy atom. The number of hydrogen-bond acceptors (Lipinski definition) is 1. The zero-order chi connectivity index (χ0) is 8.48. The summed E-state index contributed by atoms with van der Waals surface area (Å²) in [7, 11) is 0. The van der Waals surface area contributed by atoms with Crippen LogP contribution in [0.1, 0.15) is 26.7 Å².